The summed E-state index contributed by atoms with van der Waals surface area (Å²) in [4.78, 5) is 29.3. The Hall–Kier alpha value is -2.17. The lowest BCUT2D eigenvalue weighted by Gasteiger charge is -2.32. The summed E-state index contributed by atoms with van der Waals surface area (Å²) < 4.78 is 0. The average molecular weight is 274 g/mol. The Morgan fingerprint density at radius 1 is 1.35 bits per heavy atom. The Kier molecular flexibility index (Phi) is 3.61. The topological polar surface area (TPSA) is 70.0 Å². The Morgan fingerprint density at radius 2 is 1.95 bits per heavy atom. The van der Waals surface area contributed by atoms with Crippen LogP contribution in [0.1, 0.15) is 26.3 Å². The van der Waals surface area contributed by atoms with Crippen LogP contribution in [0.25, 0.3) is 0 Å². The Balaban J connectivity index is 2.51. The largest absolute Gasteiger partial charge is 0.480 e. The molecule has 1 heterocycles. The van der Waals surface area contributed by atoms with Crippen molar-refractivity contribution in [3.63, 3.8) is 0 Å². The minimum Gasteiger partial charge on any atom is -0.480 e. The molecule has 0 fully saturated rings. The van der Waals surface area contributed by atoms with Crippen LogP contribution in [0, 0.1) is 5.92 Å². The van der Waals surface area contributed by atoms with E-state index in [2.05, 4.69) is 4.99 Å². The van der Waals surface area contributed by atoms with Gasteiger partial charge < -0.3 is 5.11 Å². The second-order valence-electron chi connectivity index (χ2n) is 5.32. The lowest BCUT2D eigenvalue weighted by Crippen LogP contribution is -2.45. The zero-order valence-corrected chi connectivity index (χ0v) is 11.8. The summed E-state index contributed by atoms with van der Waals surface area (Å²) in [6.07, 6.45) is 0. The molecule has 1 aliphatic rings. The fourth-order valence-corrected chi connectivity index (χ4v) is 2.39. The summed E-state index contributed by atoms with van der Waals surface area (Å²) in [5.41, 5.74) is 0.291. The quantitative estimate of drug-likeness (QED) is 0.911. The molecule has 106 valence electrons. The molecular weight excluding hydrogens is 256 g/mol. The summed E-state index contributed by atoms with van der Waals surface area (Å²) in [7, 11) is 0. The molecule has 0 unspecified atom stereocenters. The maximum absolute atomic E-state index is 12.4. The van der Waals surface area contributed by atoms with Crippen LogP contribution in [0.15, 0.2) is 35.3 Å². The first-order chi connectivity index (χ1) is 9.36. The summed E-state index contributed by atoms with van der Waals surface area (Å²) in [5.74, 6) is -1.38. The number of aliphatic imine (C=N–C) groups is 1. The van der Waals surface area contributed by atoms with Crippen molar-refractivity contribution in [2.75, 3.05) is 6.54 Å². The summed E-state index contributed by atoms with van der Waals surface area (Å²) in [6, 6.07) is 9.29. The van der Waals surface area contributed by atoms with Gasteiger partial charge in [0.05, 0.1) is 0 Å². The first kappa shape index (κ1) is 14.2. The molecule has 0 spiro atoms. The molecule has 5 nitrogen and oxygen atoms in total. The number of hydrogen-bond donors (Lipinski definition) is 1. The SMILES string of the molecule is CC(C)C1=N[C@@](C)(c2ccccc2)N(CC(=O)O)C1=O. The monoisotopic (exact) mass is 274 g/mol. The molecule has 0 aromatic heterocycles. The predicted octanol–water partition coefficient (Wildman–Crippen LogP) is 1.88. The van der Waals surface area contributed by atoms with E-state index < -0.39 is 11.6 Å². The van der Waals surface area contributed by atoms with E-state index >= 15 is 0 Å². The predicted molar refractivity (Wildman–Crippen MR) is 75.4 cm³/mol. The molecule has 20 heavy (non-hydrogen) atoms. The summed E-state index contributed by atoms with van der Waals surface area (Å²) in [6.45, 7) is 5.18. The Morgan fingerprint density at radius 3 is 2.45 bits per heavy atom. The van der Waals surface area contributed by atoms with E-state index in [0.29, 0.717) is 5.71 Å². The van der Waals surface area contributed by atoms with Crippen LogP contribution in [-0.4, -0.2) is 34.1 Å². The minimum atomic E-state index is -1.04. The molecule has 1 atom stereocenters. The van der Waals surface area contributed by atoms with E-state index in [1.54, 1.807) is 6.92 Å². The lowest BCUT2D eigenvalue weighted by molar-refractivity contribution is -0.145. The number of hydrogen-bond acceptors (Lipinski definition) is 3. The molecule has 1 aromatic rings. The number of amides is 1. The van der Waals surface area contributed by atoms with Gasteiger partial charge in [-0.2, -0.15) is 0 Å². The van der Waals surface area contributed by atoms with Crippen LogP contribution in [0.2, 0.25) is 0 Å². The van der Waals surface area contributed by atoms with Crippen molar-refractivity contribution in [1.29, 1.82) is 0 Å². The molecule has 5 heteroatoms. The van der Waals surface area contributed by atoms with Gasteiger partial charge in [0, 0.05) is 5.92 Å². The van der Waals surface area contributed by atoms with Gasteiger partial charge in [0.2, 0.25) is 0 Å². The van der Waals surface area contributed by atoms with Crippen LogP contribution in [0.3, 0.4) is 0 Å². The van der Waals surface area contributed by atoms with Crippen molar-refractivity contribution in [3.05, 3.63) is 35.9 Å². The minimum absolute atomic E-state index is 0.0377. The van der Waals surface area contributed by atoms with Crippen LogP contribution in [-0.2, 0) is 15.3 Å². The highest BCUT2D eigenvalue weighted by Crippen LogP contribution is 2.35. The normalized spacial score (nSPS) is 22.3. The number of benzene rings is 1. The lowest BCUT2D eigenvalue weighted by atomic mass is 10.0. The third kappa shape index (κ3) is 2.31. The first-order valence-electron chi connectivity index (χ1n) is 6.55. The standard InChI is InChI=1S/C15H18N2O3/c1-10(2)13-14(20)17(9-12(18)19)15(3,16-13)11-7-5-4-6-8-11/h4-8,10H,9H2,1-3H3,(H,18,19)/t15-/m1/s1. The zero-order valence-electron chi connectivity index (χ0n) is 11.8. The third-order valence-electron chi connectivity index (χ3n) is 3.49. The van der Waals surface area contributed by atoms with Gasteiger partial charge in [0.1, 0.15) is 12.3 Å². The van der Waals surface area contributed by atoms with Crippen LogP contribution >= 0.6 is 0 Å². The van der Waals surface area contributed by atoms with Crippen LogP contribution < -0.4 is 0 Å². The van der Waals surface area contributed by atoms with Crippen molar-refractivity contribution in [1.82, 2.24) is 4.90 Å². The van der Waals surface area contributed by atoms with E-state index in [9.17, 15) is 9.59 Å². The molecule has 1 amide bonds. The third-order valence-corrected chi connectivity index (χ3v) is 3.49. The second kappa shape index (κ2) is 5.07. The van der Waals surface area contributed by atoms with Crippen molar-refractivity contribution >= 4 is 17.6 Å². The van der Waals surface area contributed by atoms with Crippen molar-refractivity contribution < 1.29 is 14.7 Å². The first-order valence-corrected chi connectivity index (χ1v) is 6.55. The fraction of sp³-hybridized carbons (Fsp3) is 0.400. The molecule has 0 radical (unpaired) electrons. The number of carboxylic acids is 1. The Labute approximate surface area is 117 Å². The number of carbonyl (C=O) groups excluding carboxylic acids is 1. The highest BCUT2D eigenvalue weighted by Gasteiger charge is 2.46. The Bertz CT molecular complexity index is 566. The van der Waals surface area contributed by atoms with Crippen molar-refractivity contribution in [2.24, 2.45) is 10.9 Å². The molecule has 1 aliphatic heterocycles. The molecule has 0 saturated carbocycles. The van der Waals surface area contributed by atoms with E-state index in [0.717, 1.165) is 5.56 Å². The van der Waals surface area contributed by atoms with Gasteiger partial charge in [-0.05, 0) is 12.5 Å². The number of carboxylic acid groups (broad SMARTS) is 1. The highest BCUT2D eigenvalue weighted by molar-refractivity contribution is 6.41. The van der Waals surface area contributed by atoms with Gasteiger partial charge in [-0.1, -0.05) is 44.2 Å². The highest BCUT2D eigenvalue weighted by atomic mass is 16.4. The molecule has 1 N–H and O–H groups in total. The average Bonchev–Trinajstić information content (AvgIpc) is 2.65. The molecule has 2 rings (SSSR count). The van der Waals surface area contributed by atoms with Gasteiger partial charge in [-0.25, -0.2) is 0 Å². The van der Waals surface area contributed by atoms with Crippen molar-refractivity contribution in [2.45, 2.75) is 26.4 Å². The smallest absolute Gasteiger partial charge is 0.323 e. The summed E-state index contributed by atoms with van der Waals surface area (Å²) in [5, 5.41) is 9.05. The van der Waals surface area contributed by atoms with E-state index in [1.165, 1.54) is 4.90 Å². The van der Waals surface area contributed by atoms with E-state index in [-0.39, 0.29) is 18.4 Å². The van der Waals surface area contributed by atoms with E-state index in [4.69, 9.17) is 5.11 Å². The molecule has 0 bridgehead atoms. The summed E-state index contributed by atoms with van der Waals surface area (Å²) >= 11 is 0. The molecule has 0 saturated heterocycles. The number of rotatable bonds is 4. The number of nitrogens with zero attached hydrogens (tertiary/aromatic N) is 2. The number of aliphatic carboxylic acids is 1. The van der Waals surface area contributed by atoms with Crippen LogP contribution in [0.5, 0.6) is 0 Å². The fourth-order valence-electron chi connectivity index (χ4n) is 2.39. The zero-order chi connectivity index (χ0) is 14.9. The molecular formula is C15H18N2O3. The molecule has 0 aliphatic carbocycles. The van der Waals surface area contributed by atoms with Gasteiger partial charge in [-0.15, -0.1) is 0 Å². The van der Waals surface area contributed by atoms with Gasteiger partial charge in [-0.3, -0.25) is 19.5 Å². The van der Waals surface area contributed by atoms with Crippen LogP contribution in [0.4, 0.5) is 0 Å². The van der Waals surface area contributed by atoms with Gasteiger partial charge in [0.25, 0.3) is 5.91 Å². The van der Waals surface area contributed by atoms with Gasteiger partial charge >= 0.3 is 5.97 Å². The molecule has 1 aromatic carbocycles. The van der Waals surface area contributed by atoms with E-state index in [1.807, 2.05) is 44.2 Å². The number of carbonyl (C=O) groups is 2. The van der Waals surface area contributed by atoms with Gasteiger partial charge in [0.15, 0.2) is 5.66 Å². The maximum Gasteiger partial charge on any atom is 0.323 e. The second-order valence-corrected chi connectivity index (χ2v) is 5.32. The maximum atomic E-state index is 12.4. The van der Waals surface area contributed by atoms with Crippen molar-refractivity contribution in [3.8, 4) is 0 Å².